The maximum Gasteiger partial charge on any atom is 0.126 e. The third-order valence-corrected chi connectivity index (χ3v) is 2.05. The Hall–Kier alpha value is -1.84. The van der Waals surface area contributed by atoms with Crippen LogP contribution in [-0.2, 0) is 6.54 Å². The van der Waals surface area contributed by atoms with E-state index in [4.69, 9.17) is 0 Å². The van der Waals surface area contributed by atoms with Crippen molar-refractivity contribution in [1.29, 1.82) is 0 Å². The van der Waals surface area contributed by atoms with Gasteiger partial charge >= 0.3 is 0 Å². The van der Waals surface area contributed by atoms with E-state index in [1.54, 1.807) is 6.20 Å². The molecule has 0 saturated heterocycles. The normalized spacial score (nSPS) is 10.2. The summed E-state index contributed by atoms with van der Waals surface area (Å²) < 4.78 is 1.86. The summed E-state index contributed by atoms with van der Waals surface area (Å²) in [5.41, 5.74) is 1.01. The zero-order valence-corrected chi connectivity index (χ0v) is 8.72. The molecule has 2 rings (SSSR count). The fourth-order valence-corrected chi connectivity index (χ4v) is 1.41. The number of hydrogen-bond acceptors (Lipinski definition) is 3. The Kier molecular flexibility index (Phi) is 2.97. The molecule has 0 bridgehead atoms. The summed E-state index contributed by atoms with van der Waals surface area (Å²) in [4.78, 5) is 4.47. The van der Waals surface area contributed by atoms with E-state index in [0.717, 1.165) is 18.1 Å². The Morgan fingerprint density at radius 1 is 1.33 bits per heavy atom. The van der Waals surface area contributed by atoms with Crippen molar-refractivity contribution in [3.05, 3.63) is 42.4 Å². The van der Waals surface area contributed by atoms with Gasteiger partial charge in [0, 0.05) is 18.9 Å². The molecule has 0 fully saturated rings. The van der Waals surface area contributed by atoms with Crippen molar-refractivity contribution in [2.24, 2.45) is 0 Å². The standard InChI is InChI=1S/C11H14N4/c1-2-12-11-6-3-5-10(14-11)9-15-8-4-7-13-15/h3-8H,2,9H2,1H3,(H,12,14). The number of hydrogen-bond donors (Lipinski definition) is 1. The number of pyridine rings is 1. The minimum atomic E-state index is 0.715. The number of nitrogens with one attached hydrogen (secondary N) is 1. The molecule has 2 aromatic rings. The van der Waals surface area contributed by atoms with Crippen molar-refractivity contribution in [3.8, 4) is 0 Å². The van der Waals surface area contributed by atoms with Gasteiger partial charge < -0.3 is 5.32 Å². The predicted octanol–water partition coefficient (Wildman–Crippen LogP) is 1.76. The molecular formula is C11H14N4. The predicted molar refractivity (Wildman–Crippen MR) is 59.7 cm³/mol. The van der Waals surface area contributed by atoms with E-state index >= 15 is 0 Å². The van der Waals surface area contributed by atoms with Gasteiger partial charge in [0.2, 0.25) is 0 Å². The minimum absolute atomic E-state index is 0.715. The first-order chi connectivity index (χ1) is 7.38. The molecule has 2 heterocycles. The summed E-state index contributed by atoms with van der Waals surface area (Å²) in [5.74, 6) is 0.919. The van der Waals surface area contributed by atoms with Crippen LogP contribution in [-0.4, -0.2) is 21.3 Å². The van der Waals surface area contributed by atoms with E-state index < -0.39 is 0 Å². The van der Waals surface area contributed by atoms with Crippen LogP contribution in [0.5, 0.6) is 0 Å². The summed E-state index contributed by atoms with van der Waals surface area (Å²) in [7, 11) is 0. The minimum Gasteiger partial charge on any atom is -0.370 e. The third-order valence-electron chi connectivity index (χ3n) is 2.05. The van der Waals surface area contributed by atoms with Gasteiger partial charge in [0.15, 0.2) is 0 Å². The molecule has 0 aromatic carbocycles. The van der Waals surface area contributed by atoms with Crippen LogP contribution in [0.15, 0.2) is 36.7 Å². The maximum atomic E-state index is 4.47. The number of rotatable bonds is 4. The van der Waals surface area contributed by atoms with Crippen molar-refractivity contribution < 1.29 is 0 Å². The van der Waals surface area contributed by atoms with Gasteiger partial charge in [-0.1, -0.05) is 6.07 Å². The second-order valence-corrected chi connectivity index (χ2v) is 3.25. The average Bonchev–Trinajstić information content (AvgIpc) is 2.71. The zero-order valence-electron chi connectivity index (χ0n) is 8.72. The summed E-state index contributed by atoms with van der Waals surface area (Å²) in [6.45, 7) is 3.66. The molecular weight excluding hydrogens is 188 g/mol. The van der Waals surface area contributed by atoms with Crippen LogP contribution < -0.4 is 5.32 Å². The van der Waals surface area contributed by atoms with E-state index in [2.05, 4.69) is 22.3 Å². The van der Waals surface area contributed by atoms with Crippen molar-refractivity contribution in [2.75, 3.05) is 11.9 Å². The molecule has 0 unspecified atom stereocenters. The lowest BCUT2D eigenvalue weighted by Crippen LogP contribution is -2.05. The monoisotopic (exact) mass is 202 g/mol. The molecule has 0 saturated carbocycles. The lowest BCUT2D eigenvalue weighted by molar-refractivity contribution is 0.673. The first kappa shape index (κ1) is 9.71. The van der Waals surface area contributed by atoms with Crippen LogP contribution in [0, 0.1) is 0 Å². The van der Waals surface area contributed by atoms with E-state index in [1.165, 1.54) is 0 Å². The van der Waals surface area contributed by atoms with Gasteiger partial charge in [-0.15, -0.1) is 0 Å². The van der Waals surface area contributed by atoms with Crippen molar-refractivity contribution in [3.63, 3.8) is 0 Å². The van der Waals surface area contributed by atoms with Gasteiger partial charge in [-0.2, -0.15) is 5.10 Å². The highest BCUT2D eigenvalue weighted by Crippen LogP contribution is 2.05. The molecule has 0 spiro atoms. The summed E-state index contributed by atoms with van der Waals surface area (Å²) in [6.07, 6.45) is 3.70. The van der Waals surface area contributed by atoms with Gasteiger partial charge in [0.25, 0.3) is 0 Å². The van der Waals surface area contributed by atoms with E-state index in [-0.39, 0.29) is 0 Å². The largest absolute Gasteiger partial charge is 0.370 e. The van der Waals surface area contributed by atoms with Gasteiger partial charge in [-0.25, -0.2) is 4.98 Å². The van der Waals surface area contributed by atoms with Crippen molar-refractivity contribution in [2.45, 2.75) is 13.5 Å². The molecule has 1 N–H and O–H groups in total. The quantitative estimate of drug-likeness (QED) is 0.821. The summed E-state index contributed by atoms with van der Waals surface area (Å²) in [5, 5.41) is 7.33. The highest BCUT2D eigenvalue weighted by atomic mass is 15.3. The molecule has 0 aliphatic heterocycles. The molecule has 4 heteroatoms. The molecule has 0 aliphatic rings. The van der Waals surface area contributed by atoms with Crippen LogP contribution in [0.1, 0.15) is 12.6 Å². The molecule has 0 radical (unpaired) electrons. The van der Waals surface area contributed by atoms with E-state index in [9.17, 15) is 0 Å². The second-order valence-electron chi connectivity index (χ2n) is 3.25. The summed E-state index contributed by atoms with van der Waals surface area (Å²) >= 11 is 0. The molecule has 15 heavy (non-hydrogen) atoms. The molecule has 0 aliphatic carbocycles. The first-order valence-electron chi connectivity index (χ1n) is 5.05. The number of nitrogens with zero attached hydrogens (tertiary/aromatic N) is 3. The number of anilines is 1. The van der Waals surface area contributed by atoms with Crippen LogP contribution >= 0.6 is 0 Å². The fourth-order valence-electron chi connectivity index (χ4n) is 1.41. The second kappa shape index (κ2) is 4.59. The maximum absolute atomic E-state index is 4.47. The summed E-state index contributed by atoms with van der Waals surface area (Å²) in [6, 6.07) is 7.89. The van der Waals surface area contributed by atoms with Gasteiger partial charge in [0.05, 0.1) is 12.2 Å². The lowest BCUT2D eigenvalue weighted by atomic mass is 10.3. The Bertz CT molecular complexity index is 408. The van der Waals surface area contributed by atoms with Crippen LogP contribution in [0.4, 0.5) is 5.82 Å². The van der Waals surface area contributed by atoms with Crippen molar-refractivity contribution >= 4 is 5.82 Å². The molecule has 4 nitrogen and oxygen atoms in total. The Morgan fingerprint density at radius 3 is 3.00 bits per heavy atom. The van der Waals surface area contributed by atoms with Gasteiger partial charge in [0.1, 0.15) is 5.82 Å². The Morgan fingerprint density at radius 2 is 2.27 bits per heavy atom. The SMILES string of the molecule is CCNc1cccc(Cn2cccn2)n1. The third kappa shape index (κ3) is 2.56. The average molecular weight is 202 g/mol. The van der Waals surface area contributed by atoms with Gasteiger partial charge in [-0.05, 0) is 25.1 Å². The molecule has 0 atom stereocenters. The number of aromatic nitrogens is 3. The lowest BCUT2D eigenvalue weighted by Gasteiger charge is -2.05. The fraction of sp³-hybridized carbons (Fsp3) is 0.273. The van der Waals surface area contributed by atoms with E-state index in [0.29, 0.717) is 6.54 Å². The highest BCUT2D eigenvalue weighted by Gasteiger charge is 1.97. The molecule has 0 amide bonds. The molecule has 78 valence electrons. The Balaban J connectivity index is 2.11. The van der Waals surface area contributed by atoms with Crippen LogP contribution in [0.3, 0.4) is 0 Å². The first-order valence-corrected chi connectivity index (χ1v) is 5.05. The van der Waals surface area contributed by atoms with Gasteiger partial charge in [-0.3, -0.25) is 4.68 Å². The van der Waals surface area contributed by atoms with Crippen LogP contribution in [0.25, 0.3) is 0 Å². The van der Waals surface area contributed by atoms with Crippen LogP contribution in [0.2, 0.25) is 0 Å². The molecule has 2 aromatic heterocycles. The Labute approximate surface area is 89.0 Å². The highest BCUT2D eigenvalue weighted by molar-refractivity contribution is 5.34. The zero-order chi connectivity index (χ0) is 10.5. The van der Waals surface area contributed by atoms with Crippen molar-refractivity contribution in [1.82, 2.24) is 14.8 Å². The van der Waals surface area contributed by atoms with E-state index in [1.807, 2.05) is 35.1 Å². The smallest absolute Gasteiger partial charge is 0.126 e. The topological polar surface area (TPSA) is 42.7 Å².